The molecule has 0 bridgehead atoms. The number of hydrogen-bond donors (Lipinski definition) is 1. The van der Waals surface area contributed by atoms with Crippen LogP contribution in [-0.2, 0) is 6.18 Å². The SMILES string of the molecule is O=C(O)c1ccc(OCCSC(F)(F)F)c(C(F)(F)F)c1. The lowest BCUT2D eigenvalue weighted by atomic mass is 10.1. The van der Waals surface area contributed by atoms with Crippen LogP contribution < -0.4 is 4.74 Å². The van der Waals surface area contributed by atoms with Gasteiger partial charge in [-0.15, -0.1) is 0 Å². The number of benzene rings is 1. The second-order valence-electron chi connectivity index (χ2n) is 3.66. The molecule has 118 valence electrons. The van der Waals surface area contributed by atoms with Crippen molar-refractivity contribution in [2.24, 2.45) is 0 Å². The third kappa shape index (κ3) is 5.74. The lowest BCUT2D eigenvalue weighted by Gasteiger charge is -2.14. The summed E-state index contributed by atoms with van der Waals surface area (Å²) in [6.07, 6.45) is -4.88. The molecule has 3 nitrogen and oxygen atoms in total. The zero-order valence-electron chi connectivity index (χ0n) is 10.1. The number of halogens is 6. The molecule has 0 aliphatic heterocycles. The van der Waals surface area contributed by atoms with E-state index in [4.69, 9.17) is 5.11 Å². The molecular weight excluding hydrogens is 326 g/mol. The molecule has 0 aromatic heterocycles. The van der Waals surface area contributed by atoms with Crippen molar-refractivity contribution in [3.63, 3.8) is 0 Å². The molecule has 0 saturated carbocycles. The zero-order valence-corrected chi connectivity index (χ0v) is 10.9. The van der Waals surface area contributed by atoms with Gasteiger partial charge in [0.25, 0.3) is 0 Å². The van der Waals surface area contributed by atoms with Gasteiger partial charge in [-0.3, -0.25) is 0 Å². The highest BCUT2D eigenvalue weighted by Crippen LogP contribution is 2.37. The monoisotopic (exact) mass is 334 g/mol. The number of hydrogen-bond acceptors (Lipinski definition) is 3. The van der Waals surface area contributed by atoms with Gasteiger partial charge in [0.1, 0.15) is 5.75 Å². The van der Waals surface area contributed by atoms with Crippen LogP contribution in [0.5, 0.6) is 5.75 Å². The van der Waals surface area contributed by atoms with E-state index in [1.165, 1.54) is 0 Å². The second-order valence-corrected chi connectivity index (χ2v) is 4.82. The van der Waals surface area contributed by atoms with Gasteiger partial charge in [0, 0.05) is 5.75 Å². The summed E-state index contributed by atoms with van der Waals surface area (Å²) in [5, 5.41) is 8.63. The van der Waals surface area contributed by atoms with Gasteiger partial charge in [-0.05, 0) is 30.0 Å². The van der Waals surface area contributed by atoms with Gasteiger partial charge < -0.3 is 9.84 Å². The number of carboxylic acid groups (broad SMARTS) is 1. The maximum atomic E-state index is 12.7. The topological polar surface area (TPSA) is 46.5 Å². The highest BCUT2D eigenvalue weighted by atomic mass is 32.2. The molecule has 0 amide bonds. The maximum Gasteiger partial charge on any atom is 0.441 e. The Morgan fingerprint density at radius 2 is 1.81 bits per heavy atom. The third-order valence-corrected chi connectivity index (χ3v) is 2.84. The van der Waals surface area contributed by atoms with Crippen LogP contribution in [0.15, 0.2) is 18.2 Å². The Labute approximate surface area is 118 Å². The molecule has 0 unspecified atom stereocenters. The zero-order chi connectivity index (χ0) is 16.3. The van der Waals surface area contributed by atoms with E-state index in [-0.39, 0.29) is 0 Å². The van der Waals surface area contributed by atoms with Gasteiger partial charge in [0.05, 0.1) is 17.7 Å². The fourth-order valence-corrected chi connectivity index (χ4v) is 1.72. The minimum atomic E-state index is -4.88. The lowest BCUT2D eigenvalue weighted by Crippen LogP contribution is -2.13. The fourth-order valence-electron chi connectivity index (χ4n) is 1.32. The number of alkyl halides is 6. The average molecular weight is 334 g/mol. The van der Waals surface area contributed by atoms with Crippen molar-refractivity contribution in [2.75, 3.05) is 12.4 Å². The molecular formula is C11H8F6O3S. The van der Waals surface area contributed by atoms with E-state index < -0.39 is 58.7 Å². The first-order valence-corrected chi connectivity index (χ1v) is 6.27. The summed E-state index contributed by atoms with van der Waals surface area (Å²) >= 11 is -0.426. The molecule has 0 radical (unpaired) electrons. The van der Waals surface area contributed by atoms with E-state index in [0.717, 1.165) is 12.1 Å². The smallest absolute Gasteiger partial charge is 0.441 e. The molecule has 0 heterocycles. The van der Waals surface area contributed by atoms with Crippen LogP contribution in [0.25, 0.3) is 0 Å². The molecule has 21 heavy (non-hydrogen) atoms. The van der Waals surface area contributed by atoms with Crippen LogP contribution in [0.1, 0.15) is 15.9 Å². The largest absolute Gasteiger partial charge is 0.492 e. The van der Waals surface area contributed by atoms with Crippen molar-refractivity contribution in [1.29, 1.82) is 0 Å². The van der Waals surface area contributed by atoms with Crippen LogP contribution >= 0.6 is 11.8 Å². The molecule has 1 rings (SSSR count). The van der Waals surface area contributed by atoms with Gasteiger partial charge in [-0.1, -0.05) is 0 Å². The third-order valence-electron chi connectivity index (χ3n) is 2.14. The fraction of sp³-hybridized carbons (Fsp3) is 0.364. The van der Waals surface area contributed by atoms with Crippen LogP contribution in [0.2, 0.25) is 0 Å². The maximum absolute atomic E-state index is 12.7. The van der Waals surface area contributed by atoms with Crippen molar-refractivity contribution in [1.82, 2.24) is 0 Å². The number of thioether (sulfide) groups is 1. The van der Waals surface area contributed by atoms with Crippen LogP contribution in [-0.4, -0.2) is 28.9 Å². The number of carbonyl (C=O) groups is 1. The Kier molecular flexibility index (Phi) is 5.37. The van der Waals surface area contributed by atoms with Gasteiger partial charge in [0.2, 0.25) is 0 Å². The summed E-state index contributed by atoms with van der Waals surface area (Å²) in [7, 11) is 0. The summed E-state index contributed by atoms with van der Waals surface area (Å²) < 4.78 is 78.4. The van der Waals surface area contributed by atoms with Gasteiger partial charge in [-0.25, -0.2) is 4.79 Å². The molecule has 0 aliphatic carbocycles. The number of aromatic carboxylic acids is 1. The Hall–Kier alpha value is -1.58. The summed E-state index contributed by atoms with van der Waals surface area (Å²) in [5.41, 5.74) is -6.44. The molecule has 1 aromatic carbocycles. The van der Waals surface area contributed by atoms with Gasteiger partial charge in [0.15, 0.2) is 0 Å². The van der Waals surface area contributed by atoms with E-state index in [9.17, 15) is 31.1 Å². The molecule has 0 aliphatic rings. The van der Waals surface area contributed by atoms with Gasteiger partial charge in [-0.2, -0.15) is 26.3 Å². The molecule has 0 spiro atoms. The van der Waals surface area contributed by atoms with E-state index >= 15 is 0 Å². The number of rotatable bonds is 5. The molecule has 0 fully saturated rings. The highest BCUT2D eigenvalue weighted by molar-refractivity contribution is 8.00. The van der Waals surface area contributed by atoms with E-state index in [1.807, 2.05) is 0 Å². The second kappa shape index (κ2) is 6.46. The predicted molar refractivity (Wildman–Crippen MR) is 62.4 cm³/mol. The Morgan fingerprint density at radius 1 is 1.19 bits per heavy atom. The van der Waals surface area contributed by atoms with Crippen LogP contribution in [0.3, 0.4) is 0 Å². The summed E-state index contributed by atoms with van der Waals surface area (Å²) in [5.74, 6) is -2.85. The molecule has 10 heteroatoms. The minimum Gasteiger partial charge on any atom is -0.492 e. The van der Waals surface area contributed by atoms with Crippen molar-refractivity contribution in [3.8, 4) is 5.75 Å². The van der Waals surface area contributed by atoms with E-state index in [1.54, 1.807) is 0 Å². The van der Waals surface area contributed by atoms with E-state index in [2.05, 4.69) is 4.74 Å². The number of ether oxygens (including phenoxy) is 1. The first-order valence-electron chi connectivity index (χ1n) is 5.29. The summed E-state index contributed by atoms with van der Waals surface area (Å²) in [4.78, 5) is 10.6. The quantitative estimate of drug-likeness (QED) is 0.652. The van der Waals surface area contributed by atoms with Crippen LogP contribution in [0, 0.1) is 0 Å². The van der Waals surface area contributed by atoms with Crippen LogP contribution in [0.4, 0.5) is 26.3 Å². The summed E-state index contributed by atoms with van der Waals surface area (Å²) in [6.45, 7) is -0.598. The summed E-state index contributed by atoms with van der Waals surface area (Å²) in [6, 6.07) is 2.02. The Balaban J connectivity index is 2.84. The number of carboxylic acids is 1. The average Bonchev–Trinajstić information content (AvgIpc) is 2.32. The highest BCUT2D eigenvalue weighted by Gasteiger charge is 2.35. The molecule has 0 saturated heterocycles. The van der Waals surface area contributed by atoms with Crippen molar-refractivity contribution >= 4 is 17.7 Å². The van der Waals surface area contributed by atoms with Crippen molar-refractivity contribution < 1.29 is 41.0 Å². The Bertz CT molecular complexity index is 512. The Morgan fingerprint density at radius 3 is 2.29 bits per heavy atom. The minimum absolute atomic E-state index is 0.370. The van der Waals surface area contributed by atoms with Gasteiger partial charge >= 0.3 is 17.7 Å². The predicted octanol–water partition coefficient (Wildman–Crippen LogP) is 4.04. The lowest BCUT2D eigenvalue weighted by molar-refractivity contribution is -0.138. The van der Waals surface area contributed by atoms with Crippen molar-refractivity contribution in [3.05, 3.63) is 29.3 Å². The molecule has 1 aromatic rings. The molecule has 1 N–H and O–H groups in total. The van der Waals surface area contributed by atoms with Crippen molar-refractivity contribution in [2.45, 2.75) is 11.7 Å². The standard InChI is InChI=1S/C11H8F6O3S/c12-10(13,14)7-5-6(9(18)19)1-2-8(7)20-3-4-21-11(15,16)17/h1-2,5H,3-4H2,(H,18,19). The molecule has 0 atom stereocenters. The first-order chi connectivity index (χ1) is 9.50. The normalized spacial score (nSPS) is 12.3. The van der Waals surface area contributed by atoms with E-state index in [0.29, 0.717) is 6.07 Å². The first kappa shape index (κ1) is 17.5.